The summed E-state index contributed by atoms with van der Waals surface area (Å²) in [6.07, 6.45) is 0.595. The Morgan fingerprint density at radius 3 is 2.47 bits per heavy atom. The molecule has 112 valence electrons. The molecule has 0 aromatic heterocycles. The van der Waals surface area contributed by atoms with Gasteiger partial charge in [-0.2, -0.15) is 17.0 Å². The lowest BCUT2D eigenvalue weighted by molar-refractivity contribution is -0.142. The molecule has 1 amide bonds. The van der Waals surface area contributed by atoms with Crippen LogP contribution in [0.1, 0.15) is 20.3 Å². The van der Waals surface area contributed by atoms with Crippen molar-refractivity contribution in [1.29, 1.82) is 0 Å². The summed E-state index contributed by atoms with van der Waals surface area (Å²) in [5.41, 5.74) is 4.34. The quantitative estimate of drug-likeness (QED) is 0.709. The maximum absolute atomic E-state index is 12.5. The smallest absolute Gasteiger partial charge is 0.282 e. The lowest BCUT2D eigenvalue weighted by atomic mass is 10.0. The number of hydrogen-bond donors (Lipinski definition) is 1. The summed E-state index contributed by atoms with van der Waals surface area (Å²) in [6, 6.07) is 0. The zero-order chi connectivity index (χ0) is 14.8. The first-order valence-corrected chi connectivity index (χ1v) is 7.75. The first kappa shape index (κ1) is 16.4. The van der Waals surface area contributed by atoms with Crippen molar-refractivity contribution in [3.8, 4) is 0 Å². The minimum Gasteiger partial charge on any atom is -0.343 e. The molecule has 0 aliphatic carbocycles. The second-order valence-electron chi connectivity index (χ2n) is 5.33. The van der Waals surface area contributed by atoms with Crippen LogP contribution in [0.25, 0.3) is 0 Å². The van der Waals surface area contributed by atoms with Gasteiger partial charge in [0.05, 0.1) is 0 Å². The molecule has 1 aliphatic heterocycles. The summed E-state index contributed by atoms with van der Waals surface area (Å²) in [6.45, 7) is 4.79. The highest BCUT2D eigenvalue weighted by molar-refractivity contribution is 7.86. The molecule has 0 spiro atoms. The fourth-order valence-corrected chi connectivity index (χ4v) is 3.86. The summed E-state index contributed by atoms with van der Waals surface area (Å²) in [4.78, 5) is 13.7. The van der Waals surface area contributed by atoms with E-state index in [0.717, 1.165) is 0 Å². The summed E-state index contributed by atoms with van der Waals surface area (Å²) >= 11 is 0. The van der Waals surface area contributed by atoms with E-state index >= 15 is 0 Å². The Labute approximate surface area is 115 Å². The van der Waals surface area contributed by atoms with E-state index in [0.29, 0.717) is 32.6 Å². The van der Waals surface area contributed by atoms with E-state index < -0.39 is 15.7 Å². The zero-order valence-corrected chi connectivity index (χ0v) is 12.9. The van der Waals surface area contributed by atoms with Crippen molar-refractivity contribution in [2.45, 2.75) is 25.8 Å². The summed E-state index contributed by atoms with van der Waals surface area (Å²) < 4.78 is 27.5. The van der Waals surface area contributed by atoms with Crippen LogP contribution in [0.15, 0.2) is 0 Å². The van der Waals surface area contributed by atoms with Crippen LogP contribution in [0, 0.1) is 0 Å². The topological polar surface area (TPSA) is 87.0 Å². The maximum atomic E-state index is 12.5. The Morgan fingerprint density at radius 1 is 1.37 bits per heavy atom. The van der Waals surface area contributed by atoms with Crippen LogP contribution >= 0.6 is 0 Å². The van der Waals surface area contributed by atoms with Crippen LogP contribution in [0.5, 0.6) is 0 Å². The highest BCUT2D eigenvalue weighted by atomic mass is 32.2. The van der Waals surface area contributed by atoms with Gasteiger partial charge in [0.25, 0.3) is 10.2 Å². The molecule has 0 radical (unpaired) electrons. The summed E-state index contributed by atoms with van der Waals surface area (Å²) in [5.74, 6) is -0.186. The molecule has 0 bridgehead atoms. The average Bonchev–Trinajstić information content (AvgIpc) is 2.32. The van der Waals surface area contributed by atoms with Gasteiger partial charge in [-0.3, -0.25) is 4.79 Å². The molecule has 0 aromatic carbocycles. The van der Waals surface area contributed by atoms with Crippen molar-refractivity contribution >= 4 is 16.1 Å². The van der Waals surface area contributed by atoms with E-state index in [9.17, 15) is 13.2 Å². The SMILES string of the molecule is CN1CCN(S(=O)(=O)N(C)CCCN)C(C)(C)C1=O. The number of nitrogens with two attached hydrogens (primary N) is 1. The van der Waals surface area contributed by atoms with Gasteiger partial charge in [-0.05, 0) is 26.8 Å². The lowest BCUT2D eigenvalue weighted by Crippen LogP contribution is -2.65. The predicted octanol–water partition coefficient (Wildman–Crippen LogP) is -0.936. The number of carbonyl (C=O) groups is 1. The van der Waals surface area contributed by atoms with Gasteiger partial charge in [-0.1, -0.05) is 0 Å². The third-order valence-corrected chi connectivity index (χ3v) is 5.65. The van der Waals surface area contributed by atoms with E-state index in [4.69, 9.17) is 5.73 Å². The molecule has 8 heteroatoms. The van der Waals surface area contributed by atoms with Crippen molar-refractivity contribution in [1.82, 2.24) is 13.5 Å². The first-order chi connectivity index (χ1) is 8.65. The number of amides is 1. The molecule has 1 rings (SSSR count). The third-order valence-electron chi connectivity index (χ3n) is 3.48. The molecule has 1 aliphatic rings. The Bertz CT molecular complexity index is 435. The van der Waals surface area contributed by atoms with Crippen LogP contribution < -0.4 is 5.73 Å². The predicted molar refractivity (Wildman–Crippen MR) is 73.6 cm³/mol. The highest BCUT2D eigenvalue weighted by Gasteiger charge is 2.47. The van der Waals surface area contributed by atoms with Gasteiger partial charge in [0, 0.05) is 33.7 Å². The monoisotopic (exact) mass is 292 g/mol. The third kappa shape index (κ3) is 3.07. The molecule has 0 aromatic rings. The van der Waals surface area contributed by atoms with Crippen LogP contribution in [-0.4, -0.2) is 73.6 Å². The Kier molecular flexibility index (Phi) is 4.94. The van der Waals surface area contributed by atoms with Crippen LogP contribution in [0.3, 0.4) is 0 Å². The fourth-order valence-electron chi connectivity index (χ4n) is 2.20. The van der Waals surface area contributed by atoms with Crippen molar-refractivity contribution in [2.75, 3.05) is 40.3 Å². The Balaban J connectivity index is 2.98. The lowest BCUT2D eigenvalue weighted by Gasteiger charge is -2.44. The van der Waals surface area contributed by atoms with Crippen molar-refractivity contribution < 1.29 is 13.2 Å². The average molecular weight is 292 g/mol. The molecule has 1 saturated heterocycles. The van der Waals surface area contributed by atoms with E-state index in [1.54, 1.807) is 25.8 Å². The first-order valence-electron chi connectivity index (χ1n) is 6.35. The molecule has 0 unspecified atom stereocenters. The van der Waals surface area contributed by atoms with Crippen molar-refractivity contribution in [2.24, 2.45) is 5.73 Å². The van der Waals surface area contributed by atoms with E-state index in [1.165, 1.54) is 15.7 Å². The normalized spacial score (nSPS) is 21.2. The molecule has 1 fully saturated rings. The number of carbonyl (C=O) groups excluding carboxylic acids is 1. The van der Waals surface area contributed by atoms with Gasteiger partial charge < -0.3 is 10.6 Å². The van der Waals surface area contributed by atoms with Crippen LogP contribution in [0.4, 0.5) is 0 Å². The Hall–Kier alpha value is -0.700. The van der Waals surface area contributed by atoms with Crippen molar-refractivity contribution in [3.05, 3.63) is 0 Å². The Morgan fingerprint density at radius 2 is 1.95 bits per heavy atom. The fraction of sp³-hybridized carbons (Fsp3) is 0.909. The second kappa shape index (κ2) is 5.74. The van der Waals surface area contributed by atoms with Gasteiger partial charge in [0.1, 0.15) is 5.54 Å². The highest BCUT2D eigenvalue weighted by Crippen LogP contribution is 2.26. The number of hydrogen-bond acceptors (Lipinski definition) is 4. The zero-order valence-electron chi connectivity index (χ0n) is 12.1. The number of likely N-dealkylation sites (N-methyl/N-ethyl adjacent to an activating group) is 1. The van der Waals surface area contributed by atoms with Gasteiger partial charge in [-0.15, -0.1) is 0 Å². The summed E-state index contributed by atoms with van der Waals surface area (Å²) in [5, 5.41) is 0. The number of rotatable bonds is 5. The van der Waals surface area contributed by atoms with Crippen LogP contribution in [-0.2, 0) is 15.0 Å². The standard InChI is InChI=1S/C11H24N4O3S/c1-11(2)10(16)13(3)8-9-15(11)19(17,18)14(4)7-5-6-12/h5-9,12H2,1-4H3. The van der Waals surface area contributed by atoms with E-state index in [2.05, 4.69) is 0 Å². The van der Waals surface area contributed by atoms with Gasteiger partial charge in [0.2, 0.25) is 5.91 Å². The minimum atomic E-state index is -3.63. The molecule has 0 saturated carbocycles. The molecular weight excluding hydrogens is 268 g/mol. The van der Waals surface area contributed by atoms with Gasteiger partial charge in [-0.25, -0.2) is 0 Å². The molecule has 0 atom stereocenters. The van der Waals surface area contributed by atoms with Crippen molar-refractivity contribution in [3.63, 3.8) is 0 Å². The molecule has 7 nitrogen and oxygen atoms in total. The number of nitrogens with zero attached hydrogens (tertiary/aromatic N) is 3. The molecule has 19 heavy (non-hydrogen) atoms. The molecular formula is C11H24N4O3S. The van der Waals surface area contributed by atoms with E-state index in [-0.39, 0.29) is 5.91 Å². The molecule has 2 N–H and O–H groups in total. The van der Waals surface area contributed by atoms with Gasteiger partial charge >= 0.3 is 0 Å². The minimum absolute atomic E-state index is 0.186. The molecule has 1 heterocycles. The largest absolute Gasteiger partial charge is 0.343 e. The van der Waals surface area contributed by atoms with E-state index in [1.807, 2.05) is 0 Å². The summed E-state index contributed by atoms with van der Waals surface area (Å²) in [7, 11) is -0.430. The number of piperazine rings is 1. The second-order valence-corrected chi connectivity index (χ2v) is 7.29. The maximum Gasteiger partial charge on any atom is 0.282 e. The van der Waals surface area contributed by atoms with Crippen LogP contribution in [0.2, 0.25) is 0 Å². The van der Waals surface area contributed by atoms with Gasteiger partial charge in [0.15, 0.2) is 0 Å².